The zero-order chi connectivity index (χ0) is 18.4. The van der Waals surface area contributed by atoms with Crippen LogP contribution in [0.15, 0.2) is 47.8 Å². The highest BCUT2D eigenvalue weighted by Gasteiger charge is 2.26. The SMILES string of the molecule is CN(CC(c1cccs1)N1CCOCC1)C(=O)CC(N)c1ccccc1. The number of hydrogen-bond acceptors (Lipinski definition) is 5. The topological polar surface area (TPSA) is 58.8 Å². The molecule has 1 aliphatic rings. The minimum atomic E-state index is -0.269. The van der Waals surface area contributed by atoms with Gasteiger partial charge in [0.2, 0.25) is 5.91 Å². The largest absolute Gasteiger partial charge is 0.379 e. The maximum atomic E-state index is 12.7. The Balaban J connectivity index is 1.63. The molecule has 0 aliphatic carbocycles. The van der Waals surface area contributed by atoms with Gasteiger partial charge in [-0.1, -0.05) is 36.4 Å². The molecule has 2 aromatic rings. The monoisotopic (exact) mass is 373 g/mol. The van der Waals surface area contributed by atoms with Crippen LogP contribution in [0.4, 0.5) is 0 Å². The van der Waals surface area contributed by atoms with E-state index in [0.29, 0.717) is 13.0 Å². The van der Waals surface area contributed by atoms with E-state index in [1.807, 2.05) is 42.3 Å². The van der Waals surface area contributed by atoms with E-state index in [-0.39, 0.29) is 18.0 Å². The summed E-state index contributed by atoms with van der Waals surface area (Å²) in [4.78, 5) is 18.2. The average Bonchev–Trinajstić information content (AvgIpc) is 3.21. The van der Waals surface area contributed by atoms with Crippen molar-refractivity contribution >= 4 is 17.2 Å². The first-order valence-corrected chi connectivity index (χ1v) is 9.93. The quantitative estimate of drug-likeness (QED) is 0.811. The van der Waals surface area contributed by atoms with E-state index in [9.17, 15) is 4.79 Å². The number of likely N-dealkylation sites (N-methyl/N-ethyl adjacent to an activating group) is 1. The van der Waals surface area contributed by atoms with Crippen LogP contribution in [0.25, 0.3) is 0 Å². The lowest BCUT2D eigenvalue weighted by Gasteiger charge is -2.36. The molecule has 5 nitrogen and oxygen atoms in total. The second-order valence-electron chi connectivity index (χ2n) is 6.68. The van der Waals surface area contributed by atoms with Gasteiger partial charge in [0.15, 0.2) is 0 Å². The van der Waals surface area contributed by atoms with Crippen LogP contribution in [0, 0.1) is 0 Å². The van der Waals surface area contributed by atoms with E-state index in [1.54, 1.807) is 11.3 Å². The number of hydrogen-bond donors (Lipinski definition) is 1. The summed E-state index contributed by atoms with van der Waals surface area (Å²) in [6, 6.07) is 14.0. The summed E-state index contributed by atoms with van der Waals surface area (Å²) < 4.78 is 5.49. The molecular weight excluding hydrogens is 346 g/mol. The van der Waals surface area contributed by atoms with Crippen LogP contribution in [0.5, 0.6) is 0 Å². The molecule has 2 heterocycles. The van der Waals surface area contributed by atoms with Gasteiger partial charge in [0.25, 0.3) is 0 Å². The van der Waals surface area contributed by atoms with Gasteiger partial charge in [-0.05, 0) is 17.0 Å². The molecule has 0 bridgehead atoms. The Kier molecular flexibility index (Phi) is 6.80. The lowest BCUT2D eigenvalue weighted by Crippen LogP contribution is -2.44. The van der Waals surface area contributed by atoms with Gasteiger partial charge in [0.05, 0.1) is 19.3 Å². The molecule has 1 saturated heterocycles. The van der Waals surface area contributed by atoms with Crippen molar-refractivity contribution in [1.29, 1.82) is 0 Å². The van der Waals surface area contributed by atoms with E-state index in [0.717, 1.165) is 31.9 Å². The summed E-state index contributed by atoms with van der Waals surface area (Å²) in [7, 11) is 1.88. The first-order valence-electron chi connectivity index (χ1n) is 9.05. The molecule has 2 atom stereocenters. The van der Waals surface area contributed by atoms with Crippen LogP contribution in [0.2, 0.25) is 0 Å². The molecule has 0 spiro atoms. The van der Waals surface area contributed by atoms with Crippen molar-refractivity contribution in [1.82, 2.24) is 9.80 Å². The van der Waals surface area contributed by atoms with Crippen molar-refractivity contribution in [2.24, 2.45) is 5.73 Å². The molecule has 1 aromatic heterocycles. The van der Waals surface area contributed by atoms with Crippen molar-refractivity contribution in [3.8, 4) is 0 Å². The minimum absolute atomic E-state index is 0.0798. The van der Waals surface area contributed by atoms with Crippen LogP contribution in [-0.2, 0) is 9.53 Å². The molecule has 3 rings (SSSR count). The fourth-order valence-corrected chi connectivity index (χ4v) is 4.13. The third-order valence-corrected chi connectivity index (χ3v) is 5.83. The molecule has 140 valence electrons. The van der Waals surface area contributed by atoms with Gasteiger partial charge >= 0.3 is 0 Å². The van der Waals surface area contributed by atoms with E-state index in [1.165, 1.54) is 4.88 Å². The van der Waals surface area contributed by atoms with Gasteiger partial charge in [0.1, 0.15) is 0 Å². The number of morpholine rings is 1. The molecule has 26 heavy (non-hydrogen) atoms. The molecule has 1 fully saturated rings. The predicted octanol–water partition coefficient (Wildman–Crippen LogP) is 2.67. The number of ether oxygens (including phenoxy) is 1. The molecule has 2 unspecified atom stereocenters. The van der Waals surface area contributed by atoms with Crippen LogP contribution in [-0.4, -0.2) is 55.6 Å². The second-order valence-corrected chi connectivity index (χ2v) is 7.65. The fraction of sp³-hybridized carbons (Fsp3) is 0.450. The van der Waals surface area contributed by atoms with Crippen molar-refractivity contribution in [2.45, 2.75) is 18.5 Å². The number of benzene rings is 1. The Morgan fingerprint density at radius 1 is 1.23 bits per heavy atom. The van der Waals surface area contributed by atoms with E-state index in [2.05, 4.69) is 22.4 Å². The van der Waals surface area contributed by atoms with Gasteiger partial charge in [-0.2, -0.15) is 0 Å². The number of thiophene rings is 1. The molecule has 1 amide bonds. The van der Waals surface area contributed by atoms with Crippen molar-refractivity contribution < 1.29 is 9.53 Å². The third-order valence-electron chi connectivity index (χ3n) is 4.85. The average molecular weight is 374 g/mol. The number of carbonyl (C=O) groups excluding carboxylic acids is 1. The Labute approximate surface area is 159 Å². The van der Waals surface area contributed by atoms with Gasteiger partial charge < -0.3 is 15.4 Å². The lowest BCUT2D eigenvalue weighted by molar-refractivity contribution is -0.131. The van der Waals surface area contributed by atoms with Crippen LogP contribution in [0.1, 0.15) is 28.9 Å². The molecule has 6 heteroatoms. The zero-order valence-electron chi connectivity index (χ0n) is 15.2. The molecule has 1 aliphatic heterocycles. The summed E-state index contributed by atoms with van der Waals surface area (Å²) in [5.74, 6) is 0.0798. The standard InChI is InChI=1S/C20H27N3O2S/c1-22(20(24)14-17(21)16-6-3-2-4-7-16)15-18(19-8-5-13-26-19)23-9-11-25-12-10-23/h2-8,13,17-18H,9-12,14-15,21H2,1H3. The van der Waals surface area contributed by atoms with E-state index < -0.39 is 0 Å². The molecule has 0 saturated carbocycles. The number of amides is 1. The molecule has 1 aromatic carbocycles. The highest BCUT2D eigenvalue weighted by molar-refractivity contribution is 7.10. The van der Waals surface area contributed by atoms with Gasteiger partial charge in [-0.25, -0.2) is 0 Å². The molecular formula is C20H27N3O2S. The number of nitrogens with two attached hydrogens (primary N) is 1. The first kappa shape index (κ1) is 19.0. The van der Waals surface area contributed by atoms with Crippen molar-refractivity contribution in [2.75, 3.05) is 39.9 Å². The predicted molar refractivity (Wildman–Crippen MR) is 105 cm³/mol. The maximum absolute atomic E-state index is 12.7. The van der Waals surface area contributed by atoms with Gasteiger partial charge in [-0.15, -0.1) is 11.3 Å². The smallest absolute Gasteiger partial charge is 0.224 e. The minimum Gasteiger partial charge on any atom is -0.379 e. The summed E-state index contributed by atoms with van der Waals surface area (Å²) in [6.45, 7) is 3.96. The lowest BCUT2D eigenvalue weighted by atomic mass is 10.0. The van der Waals surface area contributed by atoms with Crippen molar-refractivity contribution in [3.63, 3.8) is 0 Å². The zero-order valence-corrected chi connectivity index (χ0v) is 16.0. The fourth-order valence-electron chi connectivity index (χ4n) is 3.28. The second kappa shape index (κ2) is 9.28. The highest BCUT2D eigenvalue weighted by Crippen LogP contribution is 2.27. The summed E-state index contributed by atoms with van der Waals surface area (Å²) in [6.07, 6.45) is 0.320. The maximum Gasteiger partial charge on any atom is 0.224 e. The summed E-state index contributed by atoms with van der Waals surface area (Å²) in [5, 5.41) is 2.09. The highest BCUT2D eigenvalue weighted by atomic mass is 32.1. The number of nitrogens with zero attached hydrogens (tertiary/aromatic N) is 2. The van der Waals surface area contributed by atoms with Gasteiger partial charge in [0, 0.05) is 44.0 Å². The van der Waals surface area contributed by atoms with Gasteiger partial charge in [-0.3, -0.25) is 9.69 Å². The third kappa shape index (κ3) is 4.92. The Morgan fingerprint density at radius 2 is 1.96 bits per heavy atom. The van der Waals surface area contributed by atoms with Crippen LogP contribution < -0.4 is 5.73 Å². The Bertz CT molecular complexity index is 672. The Hall–Kier alpha value is -1.73. The van der Waals surface area contributed by atoms with E-state index >= 15 is 0 Å². The first-order chi connectivity index (χ1) is 12.6. The molecule has 0 radical (unpaired) electrons. The normalized spacial score (nSPS) is 17.6. The number of carbonyl (C=O) groups is 1. The van der Waals surface area contributed by atoms with E-state index in [4.69, 9.17) is 10.5 Å². The van der Waals surface area contributed by atoms with Crippen LogP contribution >= 0.6 is 11.3 Å². The molecule has 2 N–H and O–H groups in total. The van der Waals surface area contributed by atoms with Crippen LogP contribution in [0.3, 0.4) is 0 Å². The van der Waals surface area contributed by atoms with Crippen molar-refractivity contribution in [3.05, 3.63) is 58.3 Å². The summed E-state index contributed by atoms with van der Waals surface area (Å²) in [5.41, 5.74) is 7.23. The Morgan fingerprint density at radius 3 is 2.62 bits per heavy atom. The summed E-state index contributed by atoms with van der Waals surface area (Å²) >= 11 is 1.74. The number of rotatable bonds is 7.